The Bertz CT molecular complexity index is 93.0. The molecule has 0 saturated carbocycles. The van der Waals surface area contributed by atoms with E-state index in [-0.39, 0.29) is 12.5 Å². The van der Waals surface area contributed by atoms with Gasteiger partial charge in [0, 0.05) is 0 Å². The van der Waals surface area contributed by atoms with E-state index in [0.717, 1.165) is 0 Å². The van der Waals surface area contributed by atoms with Gasteiger partial charge in [0.15, 0.2) is 0 Å². The van der Waals surface area contributed by atoms with E-state index in [2.05, 4.69) is 10.6 Å². The molecule has 4 nitrogen and oxygen atoms in total. The normalized spacial score (nSPS) is 12.8. The zero-order chi connectivity index (χ0) is 7.28. The Morgan fingerprint density at radius 1 is 1.78 bits per heavy atom. The highest BCUT2D eigenvalue weighted by Gasteiger charge is 1.99. The molecule has 0 aromatic rings. The van der Waals surface area contributed by atoms with Crippen LogP contribution in [0.2, 0.25) is 0 Å². The second-order valence-electron chi connectivity index (χ2n) is 1.77. The van der Waals surface area contributed by atoms with Crippen LogP contribution in [0.3, 0.4) is 0 Å². The van der Waals surface area contributed by atoms with Gasteiger partial charge in [0.2, 0.25) is 5.91 Å². The largest absolute Gasteiger partial charge is 0.374 e. The molecule has 0 aliphatic heterocycles. The number of hydrogen-bond acceptors (Lipinski definition) is 3. The number of aliphatic hydroxyl groups excluding tert-OH is 1. The van der Waals surface area contributed by atoms with Gasteiger partial charge in [0.05, 0.1) is 6.54 Å². The van der Waals surface area contributed by atoms with Crippen molar-refractivity contribution in [3.63, 3.8) is 0 Å². The Balaban J connectivity index is 3.27. The molecule has 0 aliphatic carbocycles. The third kappa shape index (κ3) is 5.26. The molecule has 0 radical (unpaired) electrons. The Hall–Kier alpha value is -0.610. The van der Waals surface area contributed by atoms with Gasteiger partial charge in [-0.05, 0) is 14.0 Å². The van der Waals surface area contributed by atoms with Crippen molar-refractivity contribution >= 4 is 5.91 Å². The van der Waals surface area contributed by atoms with Crippen LogP contribution in [0, 0.1) is 0 Å². The van der Waals surface area contributed by atoms with E-state index in [4.69, 9.17) is 5.11 Å². The summed E-state index contributed by atoms with van der Waals surface area (Å²) in [5, 5.41) is 13.5. The predicted octanol–water partition coefficient (Wildman–Crippen LogP) is -1.34. The minimum atomic E-state index is -0.758. The summed E-state index contributed by atoms with van der Waals surface area (Å²) in [5.74, 6) is -0.201. The molecule has 1 amide bonds. The highest BCUT2D eigenvalue weighted by Crippen LogP contribution is 1.69. The zero-order valence-electron chi connectivity index (χ0n) is 5.64. The van der Waals surface area contributed by atoms with Crippen molar-refractivity contribution in [2.24, 2.45) is 0 Å². The van der Waals surface area contributed by atoms with Gasteiger partial charge < -0.3 is 15.7 Å². The molecule has 1 atom stereocenters. The number of amides is 1. The first-order chi connectivity index (χ1) is 4.16. The van der Waals surface area contributed by atoms with Crippen molar-refractivity contribution in [3.8, 4) is 0 Å². The molecule has 0 rings (SSSR count). The SMILES string of the molecule is CNCC(=O)NC(C)O. The lowest BCUT2D eigenvalue weighted by Gasteiger charge is -2.05. The van der Waals surface area contributed by atoms with E-state index in [1.54, 1.807) is 7.05 Å². The van der Waals surface area contributed by atoms with Crippen LogP contribution in [0.1, 0.15) is 6.92 Å². The topological polar surface area (TPSA) is 61.4 Å². The van der Waals surface area contributed by atoms with Gasteiger partial charge in [-0.2, -0.15) is 0 Å². The highest BCUT2D eigenvalue weighted by atomic mass is 16.3. The van der Waals surface area contributed by atoms with Crippen LogP contribution in [0.15, 0.2) is 0 Å². The molecule has 0 aliphatic rings. The Kier molecular flexibility index (Phi) is 4.00. The lowest BCUT2D eigenvalue weighted by atomic mass is 10.5. The van der Waals surface area contributed by atoms with Gasteiger partial charge in [-0.3, -0.25) is 4.79 Å². The van der Waals surface area contributed by atoms with Crippen LogP contribution >= 0.6 is 0 Å². The summed E-state index contributed by atoms with van der Waals surface area (Å²) in [6, 6.07) is 0. The molecule has 0 spiro atoms. The molecule has 0 heterocycles. The molecular weight excluding hydrogens is 120 g/mol. The number of rotatable bonds is 3. The lowest BCUT2D eigenvalue weighted by Crippen LogP contribution is -2.37. The third-order valence-electron chi connectivity index (χ3n) is 0.707. The minimum absolute atomic E-state index is 0.201. The summed E-state index contributed by atoms with van der Waals surface area (Å²) in [6.07, 6.45) is -0.758. The number of carbonyl (C=O) groups excluding carboxylic acids is 1. The number of hydrogen-bond donors (Lipinski definition) is 3. The second-order valence-corrected chi connectivity index (χ2v) is 1.77. The Labute approximate surface area is 54.3 Å². The monoisotopic (exact) mass is 132 g/mol. The maximum absolute atomic E-state index is 10.5. The summed E-state index contributed by atoms with van der Waals surface area (Å²) < 4.78 is 0. The summed E-state index contributed by atoms with van der Waals surface area (Å²) in [4.78, 5) is 10.5. The van der Waals surface area contributed by atoms with Crippen LogP contribution in [0.5, 0.6) is 0 Å². The van der Waals surface area contributed by atoms with Crippen molar-refractivity contribution in [2.45, 2.75) is 13.2 Å². The summed E-state index contributed by atoms with van der Waals surface area (Å²) in [5.41, 5.74) is 0. The first kappa shape index (κ1) is 8.39. The average molecular weight is 132 g/mol. The van der Waals surface area contributed by atoms with Crippen LogP contribution in [0.4, 0.5) is 0 Å². The summed E-state index contributed by atoms with van der Waals surface area (Å²) in [6.45, 7) is 1.73. The van der Waals surface area contributed by atoms with Crippen molar-refractivity contribution in [3.05, 3.63) is 0 Å². The number of aliphatic hydroxyl groups is 1. The fraction of sp³-hybridized carbons (Fsp3) is 0.800. The second kappa shape index (κ2) is 4.29. The first-order valence-corrected chi connectivity index (χ1v) is 2.79. The van der Waals surface area contributed by atoms with E-state index >= 15 is 0 Å². The fourth-order valence-electron chi connectivity index (χ4n) is 0.445. The standard InChI is InChI=1S/C5H12N2O2/c1-4(8)7-5(9)3-6-2/h4,6,8H,3H2,1-2H3,(H,7,9). The summed E-state index contributed by atoms with van der Waals surface area (Å²) in [7, 11) is 1.67. The molecule has 0 saturated heterocycles. The van der Waals surface area contributed by atoms with Crippen LogP contribution in [-0.4, -0.2) is 30.8 Å². The van der Waals surface area contributed by atoms with Crippen molar-refractivity contribution in [1.29, 1.82) is 0 Å². The van der Waals surface area contributed by atoms with E-state index < -0.39 is 6.23 Å². The van der Waals surface area contributed by atoms with Gasteiger partial charge >= 0.3 is 0 Å². The lowest BCUT2D eigenvalue weighted by molar-refractivity contribution is -0.122. The van der Waals surface area contributed by atoms with Crippen LogP contribution < -0.4 is 10.6 Å². The van der Waals surface area contributed by atoms with Crippen molar-refractivity contribution in [1.82, 2.24) is 10.6 Å². The summed E-state index contributed by atoms with van der Waals surface area (Å²) >= 11 is 0. The molecule has 9 heavy (non-hydrogen) atoms. The smallest absolute Gasteiger partial charge is 0.235 e. The molecule has 0 fully saturated rings. The quantitative estimate of drug-likeness (QED) is 0.416. The molecule has 3 N–H and O–H groups in total. The highest BCUT2D eigenvalue weighted by molar-refractivity contribution is 5.77. The van der Waals surface area contributed by atoms with E-state index in [0.29, 0.717) is 0 Å². The van der Waals surface area contributed by atoms with Gasteiger partial charge in [-0.1, -0.05) is 0 Å². The minimum Gasteiger partial charge on any atom is -0.374 e. The fourth-order valence-corrected chi connectivity index (χ4v) is 0.445. The molecule has 1 unspecified atom stereocenters. The molecular formula is C5H12N2O2. The van der Waals surface area contributed by atoms with Crippen molar-refractivity contribution in [2.75, 3.05) is 13.6 Å². The van der Waals surface area contributed by atoms with Gasteiger partial charge in [0.25, 0.3) is 0 Å². The molecule has 0 aromatic heterocycles. The van der Waals surface area contributed by atoms with E-state index in [9.17, 15) is 4.79 Å². The Morgan fingerprint density at radius 3 is 2.67 bits per heavy atom. The third-order valence-corrected chi connectivity index (χ3v) is 0.707. The maximum atomic E-state index is 10.5. The van der Waals surface area contributed by atoms with E-state index in [1.165, 1.54) is 6.92 Å². The predicted molar refractivity (Wildman–Crippen MR) is 33.8 cm³/mol. The molecule has 54 valence electrons. The maximum Gasteiger partial charge on any atom is 0.235 e. The average Bonchev–Trinajstić information content (AvgIpc) is 1.63. The Morgan fingerprint density at radius 2 is 2.33 bits per heavy atom. The number of likely N-dealkylation sites (N-methyl/N-ethyl adjacent to an activating group) is 1. The first-order valence-electron chi connectivity index (χ1n) is 2.79. The van der Waals surface area contributed by atoms with Gasteiger partial charge in [0.1, 0.15) is 6.23 Å². The molecule has 0 bridgehead atoms. The number of carbonyl (C=O) groups is 1. The van der Waals surface area contributed by atoms with Crippen molar-refractivity contribution < 1.29 is 9.90 Å². The number of nitrogens with one attached hydrogen (secondary N) is 2. The van der Waals surface area contributed by atoms with Crippen LogP contribution in [0.25, 0.3) is 0 Å². The van der Waals surface area contributed by atoms with Crippen LogP contribution in [-0.2, 0) is 4.79 Å². The zero-order valence-corrected chi connectivity index (χ0v) is 5.64. The van der Waals surface area contributed by atoms with Gasteiger partial charge in [-0.25, -0.2) is 0 Å². The van der Waals surface area contributed by atoms with E-state index in [1.807, 2.05) is 0 Å². The molecule has 4 heteroatoms. The molecule has 0 aromatic carbocycles. The van der Waals surface area contributed by atoms with Gasteiger partial charge in [-0.15, -0.1) is 0 Å².